The fourth-order valence-corrected chi connectivity index (χ4v) is 4.18. The minimum Gasteiger partial charge on any atom is -0.396 e. The van der Waals surface area contributed by atoms with Gasteiger partial charge in [-0.1, -0.05) is 58.2 Å². The lowest BCUT2D eigenvalue weighted by atomic mass is 9.84. The van der Waals surface area contributed by atoms with Crippen molar-refractivity contribution in [2.45, 2.75) is 91.1 Å². The van der Waals surface area contributed by atoms with Crippen molar-refractivity contribution < 1.29 is 24.4 Å². The van der Waals surface area contributed by atoms with Crippen LogP contribution in [0.4, 0.5) is 0 Å². The molecule has 1 aromatic carbocycles. The molecule has 0 spiro atoms. The summed E-state index contributed by atoms with van der Waals surface area (Å²) in [5.41, 5.74) is 2.93. The Kier molecular flexibility index (Phi) is 15.8. The first-order valence-electron chi connectivity index (χ1n) is 12.6. The minimum absolute atomic E-state index is 0.130. The Morgan fingerprint density at radius 3 is 2.45 bits per heavy atom. The van der Waals surface area contributed by atoms with Crippen molar-refractivity contribution in [1.29, 1.82) is 0 Å². The topological polar surface area (TPSA) is 65.0 Å². The van der Waals surface area contributed by atoms with Crippen LogP contribution in [0.3, 0.4) is 0 Å². The van der Waals surface area contributed by atoms with Crippen molar-refractivity contribution in [2.75, 3.05) is 20.3 Å². The van der Waals surface area contributed by atoms with Crippen LogP contribution >= 0.6 is 0 Å². The number of carbonyl (C=O) groups is 1. The van der Waals surface area contributed by atoms with Crippen LogP contribution in [-0.4, -0.2) is 37.8 Å². The van der Waals surface area contributed by atoms with Crippen molar-refractivity contribution in [2.24, 2.45) is 11.8 Å². The molecule has 0 amide bonds. The summed E-state index contributed by atoms with van der Waals surface area (Å²) in [5, 5.41) is 9.48. The van der Waals surface area contributed by atoms with E-state index in [2.05, 4.69) is 32.6 Å². The van der Waals surface area contributed by atoms with Crippen molar-refractivity contribution in [3.63, 3.8) is 0 Å². The van der Waals surface area contributed by atoms with E-state index in [-0.39, 0.29) is 18.6 Å². The number of methoxy groups -OCH3 is 1. The maximum absolute atomic E-state index is 9.48. The summed E-state index contributed by atoms with van der Waals surface area (Å²) in [5.74, 6) is 1.83. The summed E-state index contributed by atoms with van der Waals surface area (Å²) in [7, 11) is 1.67. The first-order valence-corrected chi connectivity index (χ1v) is 12.6. The number of benzene rings is 1. The van der Waals surface area contributed by atoms with E-state index in [1.807, 2.05) is 6.07 Å². The van der Waals surface area contributed by atoms with Gasteiger partial charge >= 0.3 is 0 Å². The lowest BCUT2D eigenvalue weighted by Crippen LogP contribution is -2.23. The molecular weight excluding hydrogens is 416 g/mol. The number of aliphatic hydroxyl groups is 1. The van der Waals surface area contributed by atoms with Crippen LogP contribution < -0.4 is 4.89 Å². The Bertz CT molecular complexity index is 664. The zero-order valence-corrected chi connectivity index (χ0v) is 21.3. The van der Waals surface area contributed by atoms with Gasteiger partial charge in [0.25, 0.3) is 0 Å². The summed E-state index contributed by atoms with van der Waals surface area (Å²) in [6, 6.07) is 6.24. The van der Waals surface area contributed by atoms with Crippen LogP contribution in [0, 0.1) is 11.8 Å². The predicted octanol–water partition coefficient (Wildman–Crippen LogP) is 6.26. The summed E-state index contributed by atoms with van der Waals surface area (Å²) in [6.45, 7) is 10.1. The lowest BCUT2D eigenvalue weighted by Gasteiger charge is -2.27. The zero-order chi connectivity index (χ0) is 24.5. The van der Waals surface area contributed by atoms with E-state index in [9.17, 15) is 9.90 Å². The molecule has 1 aliphatic rings. The highest BCUT2D eigenvalue weighted by molar-refractivity contribution is 5.70. The number of hydrogen-bond donors (Lipinski definition) is 1. The van der Waals surface area contributed by atoms with Gasteiger partial charge in [-0.05, 0) is 74.1 Å². The van der Waals surface area contributed by atoms with E-state index in [1.54, 1.807) is 14.0 Å². The molecule has 0 radical (unpaired) electrons. The van der Waals surface area contributed by atoms with Crippen molar-refractivity contribution in [1.82, 2.24) is 0 Å². The first-order chi connectivity index (χ1) is 16.0. The van der Waals surface area contributed by atoms with E-state index in [4.69, 9.17) is 14.5 Å². The molecular formula is C28H46O5. The smallest absolute Gasteiger partial charge is 0.168 e. The molecule has 1 N–H and O–H groups in total. The largest absolute Gasteiger partial charge is 0.396 e. The van der Waals surface area contributed by atoms with Gasteiger partial charge in [-0.3, -0.25) is 4.79 Å². The van der Waals surface area contributed by atoms with Crippen LogP contribution in [0.5, 0.6) is 5.75 Å². The number of aryl methyl sites for hydroxylation is 1. The Labute approximate surface area is 201 Å². The highest BCUT2D eigenvalue weighted by Crippen LogP contribution is 2.31. The number of unbranched alkanes of at least 4 members (excludes halogenated alkanes) is 2. The molecule has 2 rings (SSSR count). The van der Waals surface area contributed by atoms with Crippen molar-refractivity contribution in [3.05, 3.63) is 41.5 Å². The Morgan fingerprint density at radius 1 is 1.21 bits per heavy atom. The van der Waals surface area contributed by atoms with E-state index in [0.29, 0.717) is 12.2 Å². The van der Waals surface area contributed by atoms with E-state index in [1.165, 1.54) is 44.1 Å². The lowest BCUT2D eigenvalue weighted by molar-refractivity contribution is -0.253. The van der Waals surface area contributed by atoms with Gasteiger partial charge in [0, 0.05) is 19.6 Å². The number of allylic oxidation sites excluding steroid dienone is 1. The van der Waals surface area contributed by atoms with Gasteiger partial charge in [-0.25, -0.2) is 0 Å². The molecule has 33 heavy (non-hydrogen) atoms. The fourth-order valence-electron chi connectivity index (χ4n) is 4.18. The highest BCUT2D eigenvalue weighted by atomic mass is 17.2. The predicted molar refractivity (Wildman–Crippen MR) is 134 cm³/mol. The molecule has 1 aliphatic carbocycles. The van der Waals surface area contributed by atoms with Crippen LogP contribution in [0.1, 0.15) is 83.3 Å². The molecule has 1 unspecified atom stereocenters. The zero-order valence-electron chi connectivity index (χ0n) is 21.3. The Hall–Kier alpha value is -1.69. The number of aliphatic hydroxyl groups excluding tert-OH is 1. The van der Waals surface area contributed by atoms with Gasteiger partial charge in [0.15, 0.2) is 5.75 Å². The molecule has 0 heterocycles. The molecule has 0 aliphatic heterocycles. The summed E-state index contributed by atoms with van der Waals surface area (Å²) in [4.78, 5) is 21.0. The van der Waals surface area contributed by atoms with Crippen LogP contribution in [0.25, 0.3) is 0 Å². The standard InChI is InChI=1S/C24H40O4.C4H6O/c1-4-6-7-8-19-9-12-23(13-10-19)27-28-24-14-11-20(16-22(24)5-2)15-21(17-25)18-26-3;1-4(2)3-5/h11,14,16,19,21,23,25H,4-10,12-13,15,17-18H2,1-3H3;3H,1H2,2H3. The van der Waals surface area contributed by atoms with Gasteiger partial charge in [-0.2, -0.15) is 4.89 Å². The summed E-state index contributed by atoms with van der Waals surface area (Å²) >= 11 is 0. The molecule has 0 aromatic heterocycles. The van der Waals surface area contributed by atoms with Crippen LogP contribution in [0.15, 0.2) is 30.4 Å². The third-order valence-electron chi connectivity index (χ3n) is 6.18. The highest BCUT2D eigenvalue weighted by Gasteiger charge is 2.23. The molecule has 5 nitrogen and oxygen atoms in total. The maximum atomic E-state index is 9.48. The monoisotopic (exact) mass is 462 g/mol. The molecule has 1 saturated carbocycles. The molecule has 5 heteroatoms. The molecule has 0 bridgehead atoms. The van der Waals surface area contributed by atoms with E-state index >= 15 is 0 Å². The number of rotatable bonds is 14. The Balaban J connectivity index is 0.000000981. The summed E-state index contributed by atoms with van der Waals surface area (Å²) in [6.07, 6.45) is 12.8. The average molecular weight is 463 g/mol. The Morgan fingerprint density at radius 2 is 1.91 bits per heavy atom. The summed E-state index contributed by atoms with van der Waals surface area (Å²) < 4.78 is 5.18. The number of hydrogen-bond acceptors (Lipinski definition) is 5. The number of aldehydes is 1. The molecule has 1 aromatic rings. The van der Waals surface area contributed by atoms with Gasteiger partial charge in [0.2, 0.25) is 0 Å². The molecule has 188 valence electrons. The SMILES string of the molecule is C=C(C)C=O.CCCCCC1CCC(OOc2ccc(CC(CO)COC)cc2CC)CC1. The number of ether oxygens (including phenoxy) is 1. The number of carbonyl (C=O) groups excluding carboxylic acids is 1. The van der Waals surface area contributed by atoms with Crippen molar-refractivity contribution >= 4 is 6.29 Å². The normalized spacial score (nSPS) is 18.7. The fraction of sp³-hybridized carbons (Fsp3) is 0.679. The van der Waals surface area contributed by atoms with Gasteiger partial charge in [0.1, 0.15) is 12.4 Å². The second-order valence-corrected chi connectivity index (χ2v) is 9.29. The van der Waals surface area contributed by atoms with E-state index in [0.717, 1.165) is 49.2 Å². The molecule has 0 saturated heterocycles. The molecule has 1 atom stereocenters. The first kappa shape index (κ1) is 29.3. The third-order valence-corrected chi connectivity index (χ3v) is 6.18. The second-order valence-electron chi connectivity index (χ2n) is 9.29. The maximum Gasteiger partial charge on any atom is 0.168 e. The van der Waals surface area contributed by atoms with Crippen molar-refractivity contribution in [3.8, 4) is 5.75 Å². The molecule has 1 fully saturated rings. The van der Waals surface area contributed by atoms with Gasteiger partial charge in [-0.15, -0.1) is 0 Å². The average Bonchev–Trinajstić information content (AvgIpc) is 2.84. The third kappa shape index (κ3) is 12.4. The van der Waals surface area contributed by atoms with Gasteiger partial charge < -0.3 is 14.7 Å². The van der Waals surface area contributed by atoms with Gasteiger partial charge in [0.05, 0.1) is 6.61 Å². The quantitative estimate of drug-likeness (QED) is 0.116. The van der Waals surface area contributed by atoms with Crippen LogP contribution in [0.2, 0.25) is 0 Å². The van der Waals surface area contributed by atoms with Crippen LogP contribution in [-0.2, 0) is 27.3 Å². The second kappa shape index (κ2) is 17.7. The minimum atomic E-state index is 0.130. The van der Waals surface area contributed by atoms with E-state index < -0.39 is 0 Å².